The summed E-state index contributed by atoms with van der Waals surface area (Å²) in [7, 11) is -2.23. The Bertz CT molecular complexity index is 1390. The average molecular weight is 476 g/mol. The number of hydrogen-bond acceptors (Lipinski definition) is 5. The maximum atomic E-state index is 13.1. The number of carbonyl (C=O) groups excluding carboxylic acids is 1. The summed E-state index contributed by atoms with van der Waals surface area (Å²) < 4.78 is 33.1. The molecule has 1 amide bonds. The zero-order valence-electron chi connectivity index (χ0n) is 18.9. The number of hydrogen-bond donors (Lipinski definition) is 1. The lowest BCUT2D eigenvalue weighted by Crippen LogP contribution is -2.31. The summed E-state index contributed by atoms with van der Waals surface area (Å²) in [6.45, 7) is 1.71. The van der Waals surface area contributed by atoms with E-state index in [1.807, 2.05) is 43.3 Å². The normalized spacial score (nSPS) is 12.2. The Balaban J connectivity index is 1.38. The average Bonchev–Trinajstić information content (AvgIpc) is 2.87. The van der Waals surface area contributed by atoms with E-state index in [0.29, 0.717) is 11.4 Å². The van der Waals surface area contributed by atoms with Crippen LogP contribution in [0, 0.1) is 0 Å². The number of nitrogens with one attached hydrogen (secondary N) is 1. The standard InChI is InChI=1S/C26H25N3O4S/c1-19(22-8-5-15-27-17-22)28-26(30)18-33-24-12-10-23(11-13-24)29(2)34(31,32)25-14-9-20-6-3-4-7-21(20)16-25/h3-17,19H,18H2,1-2H3,(H,28,30)/t19-/m0/s1. The highest BCUT2D eigenvalue weighted by atomic mass is 32.2. The molecule has 1 N–H and O–H groups in total. The summed E-state index contributed by atoms with van der Waals surface area (Å²) in [5.41, 5.74) is 1.38. The Hall–Kier alpha value is -3.91. The first-order valence-electron chi connectivity index (χ1n) is 10.7. The fourth-order valence-corrected chi connectivity index (χ4v) is 4.76. The van der Waals surface area contributed by atoms with Gasteiger partial charge in [0.2, 0.25) is 0 Å². The number of pyridine rings is 1. The van der Waals surface area contributed by atoms with Gasteiger partial charge >= 0.3 is 0 Å². The highest BCUT2D eigenvalue weighted by Gasteiger charge is 2.21. The van der Waals surface area contributed by atoms with Crippen molar-refractivity contribution < 1.29 is 17.9 Å². The number of amides is 1. The molecule has 0 saturated heterocycles. The molecule has 4 aromatic rings. The van der Waals surface area contributed by atoms with Crippen LogP contribution in [-0.2, 0) is 14.8 Å². The fraction of sp³-hybridized carbons (Fsp3) is 0.154. The van der Waals surface area contributed by atoms with Crippen LogP contribution in [0.2, 0.25) is 0 Å². The van der Waals surface area contributed by atoms with Crippen molar-refractivity contribution in [1.29, 1.82) is 0 Å². The van der Waals surface area contributed by atoms with E-state index in [-0.39, 0.29) is 23.5 Å². The molecule has 0 aliphatic rings. The molecule has 7 nitrogen and oxygen atoms in total. The number of anilines is 1. The van der Waals surface area contributed by atoms with Crippen LogP contribution < -0.4 is 14.4 Å². The second kappa shape index (κ2) is 9.93. The number of nitrogens with zero attached hydrogens (tertiary/aromatic N) is 2. The second-order valence-electron chi connectivity index (χ2n) is 7.84. The zero-order chi connectivity index (χ0) is 24.1. The predicted molar refractivity (Wildman–Crippen MR) is 132 cm³/mol. The molecule has 4 rings (SSSR count). The van der Waals surface area contributed by atoms with Crippen molar-refractivity contribution in [1.82, 2.24) is 10.3 Å². The van der Waals surface area contributed by atoms with Crippen molar-refractivity contribution in [2.75, 3.05) is 18.0 Å². The summed E-state index contributed by atoms with van der Waals surface area (Å²) in [4.78, 5) is 16.5. The molecule has 0 radical (unpaired) electrons. The number of carbonyl (C=O) groups is 1. The lowest BCUT2D eigenvalue weighted by atomic mass is 10.1. The third-order valence-corrected chi connectivity index (χ3v) is 7.29. The molecular weight excluding hydrogens is 450 g/mol. The van der Waals surface area contributed by atoms with Crippen LogP contribution >= 0.6 is 0 Å². The first-order valence-corrected chi connectivity index (χ1v) is 12.2. The Labute approximate surface area is 199 Å². The minimum Gasteiger partial charge on any atom is -0.484 e. The Morgan fingerprint density at radius 2 is 1.74 bits per heavy atom. The first-order chi connectivity index (χ1) is 16.3. The molecule has 0 fully saturated rings. The van der Waals surface area contributed by atoms with Gasteiger partial charge in [-0.2, -0.15) is 0 Å². The second-order valence-corrected chi connectivity index (χ2v) is 9.81. The van der Waals surface area contributed by atoms with Crippen LogP contribution in [0.25, 0.3) is 10.8 Å². The highest BCUT2D eigenvalue weighted by molar-refractivity contribution is 7.92. The quantitative estimate of drug-likeness (QED) is 0.410. The van der Waals surface area contributed by atoms with Crippen LogP contribution in [-0.4, -0.2) is 33.0 Å². The number of aromatic nitrogens is 1. The molecule has 1 atom stereocenters. The van der Waals surface area contributed by atoms with E-state index >= 15 is 0 Å². The number of ether oxygens (including phenoxy) is 1. The van der Waals surface area contributed by atoms with E-state index in [9.17, 15) is 13.2 Å². The van der Waals surface area contributed by atoms with Crippen LogP contribution in [0.5, 0.6) is 5.75 Å². The Morgan fingerprint density at radius 1 is 1.00 bits per heavy atom. The molecule has 0 aliphatic carbocycles. The Kier molecular flexibility index (Phi) is 6.79. The molecule has 34 heavy (non-hydrogen) atoms. The first kappa shape index (κ1) is 23.3. The van der Waals surface area contributed by atoms with Gasteiger partial charge in [-0.15, -0.1) is 0 Å². The van der Waals surface area contributed by atoms with E-state index in [2.05, 4.69) is 10.3 Å². The van der Waals surface area contributed by atoms with Crippen LogP contribution in [0.3, 0.4) is 0 Å². The predicted octanol–water partition coefficient (Wildman–Crippen LogP) is 4.32. The smallest absolute Gasteiger partial charge is 0.264 e. The highest BCUT2D eigenvalue weighted by Crippen LogP contribution is 2.26. The Morgan fingerprint density at radius 3 is 2.44 bits per heavy atom. The minimum atomic E-state index is -3.74. The SMILES string of the molecule is C[C@H](NC(=O)COc1ccc(N(C)S(=O)(=O)c2ccc3ccccc3c2)cc1)c1cccnc1. The van der Waals surface area contributed by atoms with Gasteiger partial charge in [-0.3, -0.25) is 14.1 Å². The molecule has 0 spiro atoms. The van der Waals surface area contributed by atoms with Crippen molar-refractivity contribution in [2.24, 2.45) is 0 Å². The third-order valence-electron chi connectivity index (χ3n) is 5.51. The fourth-order valence-electron chi connectivity index (χ4n) is 3.52. The van der Waals surface area contributed by atoms with E-state index in [4.69, 9.17) is 4.74 Å². The van der Waals surface area contributed by atoms with Crippen molar-refractivity contribution in [2.45, 2.75) is 17.9 Å². The molecule has 8 heteroatoms. The summed E-state index contributed by atoms with van der Waals surface area (Å²) >= 11 is 0. The maximum Gasteiger partial charge on any atom is 0.264 e. The van der Waals surface area contributed by atoms with Gasteiger partial charge in [-0.25, -0.2) is 8.42 Å². The zero-order valence-corrected chi connectivity index (χ0v) is 19.7. The van der Waals surface area contributed by atoms with Crippen LogP contribution in [0.15, 0.2) is 96.2 Å². The van der Waals surface area contributed by atoms with Crippen molar-refractivity contribution in [3.63, 3.8) is 0 Å². The van der Waals surface area contributed by atoms with E-state index in [1.165, 1.54) is 11.4 Å². The number of rotatable bonds is 8. The topological polar surface area (TPSA) is 88.6 Å². The van der Waals surface area contributed by atoms with Gasteiger partial charge in [0.15, 0.2) is 6.61 Å². The van der Waals surface area contributed by atoms with Gasteiger partial charge in [-0.1, -0.05) is 36.4 Å². The third kappa shape index (κ3) is 5.18. The largest absolute Gasteiger partial charge is 0.484 e. The summed E-state index contributed by atoms with van der Waals surface area (Å²) in [5.74, 6) is 0.195. The van der Waals surface area contributed by atoms with Gasteiger partial charge in [0.05, 0.1) is 16.6 Å². The van der Waals surface area contributed by atoms with E-state index in [0.717, 1.165) is 16.3 Å². The molecule has 3 aromatic carbocycles. The van der Waals surface area contributed by atoms with Crippen LogP contribution in [0.4, 0.5) is 5.69 Å². The van der Waals surface area contributed by atoms with E-state index < -0.39 is 10.0 Å². The number of benzene rings is 3. The van der Waals surface area contributed by atoms with Gasteiger partial charge in [0.1, 0.15) is 5.75 Å². The molecule has 0 unspecified atom stereocenters. The number of sulfonamides is 1. The summed E-state index contributed by atoms with van der Waals surface area (Å²) in [6.07, 6.45) is 3.38. The minimum absolute atomic E-state index is 0.158. The summed E-state index contributed by atoms with van der Waals surface area (Å²) in [6, 6.07) is 22.8. The van der Waals surface area contributed by atoms with Crippen molar-refractivity contribution in [3.05, 3.63) is 96.8 Å². The van der Waals surface area contributed by atoms with Gasteiger partial charge in [-0.05, 0) is 65.7 Å². The maximum absolute atomic E-state index is 13.1. The van der Waals surface area contributed by atoms with E-state index in [1.54, 1.807) is 54.9 Å². The molecule has 0 saturated carbocycles. The molecule has 0 aliphatic heterocycles. The van der Waals surface area contributed by atoms with Crippen molar-refractivity contribution in [3.8, 4) is 5.75 Å². The van der Waals surface area contributed by atoms with Crippen molar-refractivity contribution >= 4 is 32.4 Å². The lowest BCUT2D eigenvalue weighted by Gasteiger charge is -2.20. The van der Waals surface area contributed by atoms with Gasteiger partial charge in [0, 0.05) is 19.4 Å². The molecule has 0 bridgehead atoms. The monoisotopic (exact) mass is 475 g/mol. The van der Waals surface area contributed by atoms with Gasteiger partial charge < -0.3 is 10.1 Å². The molecule has 1 heterocycles. The summed E-state index contributed by atoms with van der Waals surface area (Å²) in [5, 5.41) is 4.69. The molecular formula is C26H25N3O4S. The molecule has 1 aromatic heterocycles. The lowest BCUT2D eigenvalue weighted by molar-refractivity contribution is -0.123. The van der Waals surface area contributed by atoms with Crippen LogP contribution in [0.1, 0.15) is 18.5 Å². The molecule has 174 valence electrons. The van der Waals surface area contributed by atoms with Gasteiger partial charge in [0.25, 0.3) is 15.9 Å². The number of fused-ring (bicyclic) bond motifs is 1.